The van der Waals surface area contributed by atoms with Gasteiger partial charge in [-0.05, 0) is 46.9 Å². The van der Waals surface area contributed by atoms with Crippen molar-refractivity contribution in [3.05, 3.63) is 45.2 Å². The molecule has 1 heterocycles. The monoisotopic (exact) mass is 371 g/mol. The fourth-order valence-electron chi connectivity index (χ4n) is 1.66. The molecule has 0 radical (unpaired) electrons. The molecule has 0 aliphatic heterocycles. The van der Waals surface area contributed by atoms with Crippen LogP contribution in [0, 0.1) is 3.57 Å². The molecule has 0 aliphatic rings. The maximum Gasteiger partial charge on any atom is 0.251 e. The molecule has 1 amide bonds. The van der Waals surface area contributed by atoms with Gasteiger partial charge in [0, 0.05) is 22.2 Å². The molecule has 1 aromatic heterocycles. The minimum Gasteiger partial charge on any atom is -0.481 e. The lowest BCUT2D eigenvalue weighted by atomic mass is 10.2. The topological polar surface area (TPSA) is 56.1 Å². The van der Waals surface area contributed by atoms with Crippen LogP contribution in [-0.4, -0.2) is 22.8 Å². The van der Waals surface area contributed by atoms with E-state index in [1.165, 1.54) is 0 Å². The molecule has 0 atom stereocenters. The second-order valence-electron chi connectivity index (χ2n) is 3.99. The smallest absolute Gasteiger partial charge is 0.251 e. The van der Waals surface area contributed by atoms with Crippen molar-refractivity contribution >= 4 is 28.5 Å². The lowest BCUT2D eigenvalue weighted by molar-refractivity contribution is 0.0950. The maximum absolute atomic E-state index is 11.9. The Morgan fingerprint density at radius 3 is 2.68 bits per heavy atom. The molecule has 0 aliphatic carbocycles. The van der Waals surface area contributed by atoms with Crippen LogP contribution in [0.15, 0.2) is 30.3 Å². The van der Waals surface area contributed by atoms with Crippen molar-refractivity contribution in [3.8, 4) is 5.88 Å². The number of benzene rings is 1. The number of halogens is 1. The zero-order valence-corrected chi connectivity index (χ0v) is 12.8. The average Bonchev–Trinajstić information content (AvgIpc) is 2.77. The molecular formula is C13H14IN3O2. The summed E-state index contributed by atoms with van der Waals surface area (Å²) in [6.07, 6.45) is 0. The highest BCUT2D eigenvalue weighted by Crippen LogP contribution is 2.11. The van der Waals surface area contributed by atoms with Crippen LogP contribution >= 0.6 is 22.6 Å². The SMILES string of the molecule is COc1cc(CNC(=O)c2ccc(I)cc2)nn1C. The quantitative estimate of drug-likeness (QED) is 0.837. The highest BCUT2D eigenvalue weighted by atomic mass is 127. The fraction of sp³-hybridized carbons (Fsp3) is 0.231. The standard InChI is InChI=1S/C13H14IN3O2/c1-17-12(19-2)7-11(16-17)8-15-13(18)9-3-5-10(14)6-4-9/h3-7H,8H2,1-2H3,(H,15,18). The summed E-state index contributed by atoms with van der Waals surface area (Å²) in [6, 6.07) is 9.21. The number of carbonyl (C=O) groups is 1. The van der Waals surface area contributed by atoms with Gasteiger partial charge in [-0.25, -0.2) is 4.68 Å². The van der Waals surface area contributed by atoms with Gasteiger partial charge in [0.1, 0.15) is 0 Å². The van der Waals surface area contributed by atoms with Crippen molar-refractivity contribution in [2.24, 2.45) is 7.05 Å². The van der Waals surface area contributed by atoms with Crippen molar-refractivity contribution in [2.45, 2.75) is 6.54 Å². The molecule has 0 saturated carbocycles. The molecule has 5 nitrogen and oxygen atoms in total. The molecule has 1 aromatic carbocycles. The van der Waals surface area contributed by atoms with E-state index in [0.29, 0.717) is 18.0 Å². The Labute approximate surface area is 125 Å². The van der Waals surface area contributed by atoms with E-state index >= 15 is 0 Å². The van der Waals surface area contributed by atoms with Crippen molar-refractivity contribution in [2.75, 3.05) is 7.11 Å². The molecule has 0 bridgehead atoms. The number of amides is 1. The summed E-state index contributed by atoms with van der Waals surface area (Å²) in [5.74, 6) is 0.555. The molecule has 19 heavy (non-hydrogen) atoms. The summed E-state index contributed by atoms with van der Waals surface area (Å²) in [7, 11) is 3.38. The molecule has 0 saturated heterocycles. The Kier molecular flexibility index (Phi) is 4.41. The van der Waals surface area contributed by atoms with E-state index < -0.39 is 0 Å². The number of methoxy groups -OCH3 is 1. The first-order chi connectivity index (χ1) is 9.10. The van der Waals surface area contributed by atoms with E-state index in [2.05, 4.69) is 33.0 Å². The molecule has 0 fully saturated rings. The summed E-state index contributed by atoms with van der Waals surface area (Å²) < 4.78 is 7.85. The number of rotatable bonds is 4. The second-order valence-corrected chi connectivity index (χ2v) is 5.24. The van der Waals surface area contributed by atoms with Crippen molar-refractivity contribution in [1.82, 2.24) is 15.1 Å². The number of aromatic nitrogens is 2. The zero-order valence-electron chi connectivity index (χ0n) is 10.7. The van der Waals surface area contributed by atoms with Gasteiger partial charge in [0.2, 0.25) is 5.88 Å². The van der Waals surface area contributed by atoms with Gasteiger partial charge in [-0.15, -0.1) is 0 Å². The Balaban J connectivity index is 1.98. The molecule has 2 rings (SSSR count). The van der Waals surface area contributed by atoms with Gasteiger partial charge in [-0.3, -0.25) is 4.79 Å². The van der Waals surface area contributed by atoms with E-state index in [1.54, 1.807) is 37.0 Å². The number of hydrogen-bond acceptors (Lipinski definition) is 3. The van der Waals surface area contributed by atoms with Crippen LogP contribution in [0.2, 0.25) is 0 Å². The summed E-state index contributed by atoms with van der Waals surface area (Å²) >= 11 is 2.20. The van der Waals surface area contributed by atoms with Gasteiger partial charge in [0.05, 0.1) is 19.3 Å². The van der Waals surface area contributed by atoms with E-state index in [4.69, 9.17) is 4.74 Å². The van der Waals surface area contributed by atoms with Crippen LogP contribution in [0.5, 0.6) is 5.88 Å². The van der Waals surface area contributed by atoms with Gasteiger partial charge >= 0.3 is 0 Å². The number of nitrogens with one attached hydrogen (secondary N) is 1. The highest BCUT2D eigenvalue weighted by Gasteiger charge is 2.08. The summed E-state index contributed by atoms with van der Waals surface area (Å²) in [6.45, 7) is 0.377. The largest absolute Gasteiger partial charge is 0.481 e. The fourth-order valence-corrected chi connectivity index (χ4v) is 2.02. The number of carbonyl (C=O) groups excluding carboxylic acids is 1. The molecular weight excluding hydrogens is 357 g/mol. The Hall–Kier alpha value is -1.57. The van der Waals surface area contributed by atoms with Gasteiger partial charge < -0.3 is 10.1 Å². The minimum atomic E-state index is -0.110. The highest BCUT2D eigenvalue weighted by molar-refractivity contribution is 14.1. The third-order valence-corrected chi connectivity index (χ3v) is 3.35. The normalized spacial score (nSPS) is 10.3. The summed E-state index contributed by atoms with van der Waals surface area (Å²) in [4.78, 5) is 11.9. The Bertz CT molecular complexity index is 578. The molecule has 0 unspecified atom stereocenters. The van der Waals surface area contributed by atoms with Gasteiger partial charge in [-0.1, -0.05) is 0 Å². The van der Waals surface area contributed by atoms with Crippen molar-refractivity contribution in [1.29, 1.82) is 0 Å². The van der Waals surface area contributed by atoms with E-state index in [1.807, 2.05) is 12.1 Å². The van der Waals surface area contributed by atoms with Crippen LogP contribution in [0.1, 0.15) is 16.1 Å². The number of aryl methyl sites for hydroxylation is 1. The maximum atomic E-state index is 11.9. The predicted octanol–water partition coefficient (Wildman–Crippen LogP) is 1.96. The molecule has 0 spiro atoms. The van der Waals surface area contributed by atoms with Crippen LogP contribution in [-0.2, 0) is 13.6 Å². The number of ether oxygens (including phenoxy) is 1. The predicted molar refractivity (Wildman–Crippen MR) is 80.1 cm³/mol. The van der Waals surface area contributed by atoms with Gasteiger partial charge in [0.15, 0.2) is 0 Å². The van der Waals surface area contributed by atoms with Crippen LogP contribution in [0.3, 0.4) is 0 Å². The lowest BCUT2D eigenvalue weighted by Crippen LogP contribution is -2.23. The first-order valence-electron chi connectivity index (χ1n) is 5.71. The third-order valence-electron chi connectivity index (χ3n) is 2.63. The van der Waals surface area contributed by atoms with Gasteiger partial charge in [0.25, 0.3) is 5.91 Å². The number of hydrogen-bond donors (Lipinski definition) is 1. The molecule has 6 heteroatoms. The number of nitrogens with zero attached hydrogens (tertiary/aromatic N) is 2. The third kappa shape index (κ3) is 3.46. The molecule has 1 N–H and O–H groups in total. The van der Waals surface area contributed by atoms with E-state index in [9.17, 15) is 4.79 Å². The summed E-state index contributed by atoms with van der Waals surface area (Å²) in [5.41, 5.74) is 1.40. The minimum absolute atomic E-state index is 0.110. The Morgan fingerprint density at radius 1 is 1.42 bits per heavy atom. The second kappa shape index (κ2) is 6.05. The average molecular weight is 371 g/mol. The van der Waals surface area contributed by atoms with Crippen molar-refractivity contribution in [3.63, 3.8) is 0 Å². The van der Waals surface area contributed by atoms with Crippen molar-refractivity contribution < 1.29 is 9.53 Å². The molecule has 100 valence electrons. The molecule has 2 aromatic rings. The van der Waals surface area contributed by atoms with E-state index in [-0.39, 0.29) is 5.91 Å². The first-order valence-corrected chi connectivity index (χ1v) is 6.78. The van der Waals surface area contributed by atoms with E-state index in [0.717, 1.165) is 9.26 Å². The Morgan fingerprint density at radius 2 is 2.11 bits per heavy atom. The summed E-state index contributed by atoms with van der Waals surface area (Å²) in [5, 5.41) is 7.06. The lowest BCUT2D eigenvalue weighted by Gasteiger charge is -2.03. The first kappa shape index (κ1) is 13.9. The van der Waals surface area contributed by atoms with Crippen LogP contribution in [0.25, 0.3) is 0 Å². The zero-order chi connectivity index (χ0) is 13.8. The van der Waals surface area contributed by atoms with Gasteiger partial charge in [-0.2, -0.15) is 5.10 Å². The van der Waals surface area contributed by atoms with Crippen LogP contribution in [0.4, 0.5) is 0 Å². The van der Waals surface area contributed by atoms with Crippen LogP contribution < -0.4 is 10.1 Å².